The second kappa shape index (κ2) is 9.73. The maximum atomic E-state index is 12.7. The Balaban J connectivity index is 1.59. The molecule has 1 heterocycles. The second-order valence-electron chi connectivity index (χ2n) is 7.19. The summed E-state index contributed by atoms with van der Waals surface area (Å²) in [6.07, 6.45) is 0.831. The first kappa shape index (κ1) is 20.4. The molecule has 1 fully saturated rings. The lowest BCUT2D eigenvalue weighted by atomic mass is 10.0. The van der Waals surface area contributed by atoms with Gasteiger partial charge in [-0.3, -0.25) is 14.5 Å². The third kappa shape index (κ3) is 6.07. The molecule has 29 heavy (non-hydrogen) atoms. The van der Waals surface area contributed by atoms with Gasteiger partial charge in [-0.2, -0.15) is 0 Å². The molecule has 0 saturated carbocycles. The van der Waals surface area contributed by atoms with E-state index in [1.165, 1.54) is 4.90 Å². The summed E-state index contributed by atoms with van der Waals surface area (Å²) in [7, 11) is 0. The third-order valence-electron chi connectivity index (χ3n) is 4.88. The van der Waals surface area contributed by atoms with Crippen molar-refractivity contribution in [2.24, 2.45) is 0 Å². The van der Waals surface area contributed by atoms with Gasteiger partial charge in [-0.25, -0.2) is 4.79 Å². The van der Waals surface area contributed by atoms with Crippen LogP contribution in [0.15, 0.2) is 60.7 Å². The summed E-state index contributed by atoms with van der Waals surface area (Å²) in [5, 5.41) is 11.9. The van der Waals surface area contributed by atoms with Gasteiger partial charge < -0.3 is 15.3 Å². The van der Waals surface area contributed by atoms with Crippen molar-refractivity contribution in [3.63, 3.8) is 0 Å². The molecule has 2 N–H and O–H groups in total. The van der Waals surface area contributed by atoms with Crippen LogP contribution in [0.5, 0.6) is 0 Å². The highest BCUT2D eigenvalue weighted by atomic mass is 16.4. The minimum atomic E-state index is -0.900. The Hall–Kier alpha value is -3.35. The molecule has 0 aliphatic carbocycles. The Morgan fingerprint density at radius 3 is 2.24 bits per heavy atom. The zero-order valence-corrected chi connectivity index (χ0v) is 16.2. The van der Waals surface area contributed by atoms with Gasteiger partial charge in [0.1, 0.15) is 6.54 Å². The second-order valence-corrected chi connectivity index (χ2v) is 7.19. The quantitative estimate of drug-likeness (QED) is 0.719. The monoisotopic (exact) mass is 395 g/mol. The van der Waals surface area contributed by atoms with E-state index in [1.807, 2.05) is 60.7 Å². The Morgan fingerprint density at radius 1 is 1.00 bits per heavy atom. The topological polar surface area (TPSA) is 90.0 Å². The summed E-state index contributed by atoms with van der Waals surface area (Å²) in [5.41, 5.74) is 2.03. The SMILES string of the molecule is O=C(O)CCC(Cc1ccccc1)NC(=O)N1CC(=O)N(Cc2ccccc2)C1. The summed E-state index contributed by atoms with van der Waals surface area (Å²) in [6, 6.07) is 18.6. The molecular formula is C22H25N3O4. The molecule has 2 aromatic rings. The number of nitrogens with zero attached hydrogens (tertiary/aromatic N) is 2. The lowest BCUT2D eigenvalue weighted by molar-refractivity contribution is -0.137. The molecule has 1 aliphatic rings. The molecule has 1 unspecified atom stereocenters. The number of aliphatic carboxylic acids is 1. The van der Waals surface area contributed by atoms with Crippen LogP contribution in [0, 0.1) is 0 Å². The summed E-state index contributed by atoms with van der Waals surface area (Å²) >= 11 is 0. The van der Waals surface area contributed by atoms with Crippen molar-refractivity contribution >= 4 is 17.9 Å². The molecule has 1 atom stereocenters. The number of benzene rings is 2. The van der Waals surface area contributed by atoms with Gasteiger partial charge in [0.25, 0.3) is 0 Å². The zero-order valence-electron chi connectivity index (χ0n) is 16.2. The van der Waals surface area contributed by atoms with Gasteiger partial charge in [0.05, 0.1) is 6.67 Å². The highest BCUT2D eigenvalue weighted by Gasteiger charge is 2.31. The van der Waals surface area contributed by atoms with Crippen LogP contribution in [-0.4, -0.2) is 52.1 Å². The van der Waals surface area contributed by atoms with Crippen LogP contribution in [0.4, 0.5) is 4.79 Å². The van der Waals surface area contributed by atoms with Gasteiger partial charge in [0.2, 0.25) is 5.91 Å². The number of urea groups is 1. The average Bonchev–Trinajstić information content (AvgIpc) is 3.08. The summed E-state index contributed by atoms with van der Waals surface area (Å²) in [4.78, 5) is 39.1. The van der Waals surface area contributed by atoms with Gasteiger partial charge in [0.15, 0.2) is 0 Å². The summed E-state index contributed by atoms with van der Waals surface area (Å²) < 4.78 is 0. The molecule has 7 nitrogen and oxygen atoms in total. The largest absolute Gasteiger partial charge is 0.481 e. The van der Waals surface area contributed by atoms with E-state index in [0.717, 1.165) is 11.1 Å². The van der Waals surface area contributed by atoms with Crippen molar-refractivity contribution in [1.82, 2.24) is 15.1 Å². The van der Waals surface area contributed by atoms with Crippen molar-refractivity contribution in [2.75, 3.05) is 13.2 Å². The van der Waals surface area contributed by atoms with E-state index >= 15 is 0 Å². The predicted octanol–water partition coefficient (Wildman–Crippen LogP) is 2.47. The Kier molecular flexibility index (Phi) is 6.84. The molecule has 2 aromatic carbocycles. The molecule has 3 amide bonds. The fraction of sp³-hybridized carbons (Fsp3) is 0.318. The summed E-state index contributed by atoms with van der Waals surface area (Å²) in [5.74, 6) is -1.00. The van der Waals surface area contributed by atoms with Crippen LogP contribution in [0.2, 0.25) is 0 Å². The van der Waals surface area contributed by atoms with Crippen LogP contribution in [0.3, 0.4) is 0 Å². The molecule has 7 heteroatoms. The lowest BCUT2D eigenvalue weighted by Gasteiger charge is -2.23. The van der Waals surface area contributed by atoms with Crippen LogP contribution in [-0.2, 0) is 22.6 Å². The van der Waals surface area contributed by atoms with E-state index < -0.39 is 5.97 Å². The molecule has 0 bridgehead atoms. The zero-order chi connectivity index (χ0) is 20.6. The fourth-order valence-corrected chi connectivity index (χ4v) is 3.36. The van der Waals surface area contributed by atoms with E-state index in [1.54, 1.807) is 4.90 Å². The minimum absolute atomic E-state index is 0.0235. The molecule has 152 valence electrons. The van der Waals surface area contributed by atoms with Crippen molar-refractivity contribution < 1.29 is 19.5 Å². The van der Waals surface area contributed by atoms with E-state index in [0.29, 0.717) is 19.4 Å². The number of rotatable bonds is 8. The van der Waals surface area contributed by atoms with Gasteiger partial charge in [-0.05, 0) is 24.0 Å². The highest BCUT2D eigenvalue weighted by Crippen LogP contribution is 2.14. The molecule has 0 aromatic heterocycles. The molecule has 3 rings (SSSR count). The highest BCUT2D eigenvalue weighted by molar-refractivity contribution is 5.87. The van der Waals surface area contributed by atoms with E-state index in [9.17, 15) is 14.4 Å². The fourth-order valence-electron chi connectivity index (χ4n) is 3.36. The van der Waals surface area contributed by atoms with Crippen LogP contribution >= 0.6 is 0 Å². The number of carbonyl (C=O) groups is 3. The van der Waals surface area contributed by atoms with Gasteiger partial charge in [0, 0.05) is 19.0 Å². The van der Waals surface area contributed by atoms with Crippen molar-refractivity contribution in [3.8, 4) is 0 Å². The first-order valence-corrected chi connectivity index (χ1v) is 9.64. The van der Waals surface area contributed by atoms with Crippen molar-refractivity contribution in [3.05, 3.63) is 71.8 Å². The number of nitrogens with one attached hydrogen (secondary N) is 1. The van der Waals surface area contributed by atoms with Crippen molar-refractivity contribution in [1.29, 1.82) is 0 Å². The number of carbonyl (C=O) groups excluding carboxylic acids is 2. The number of carboxylic acids is 1. The Bertz CT molecular complexity index is 842. The number of hydrogen-bond donors (Lipinski definition) is 2. The van der Waals surface area contributed by atoms with Crippen LogP contribution in [0.25, 0.3) is 0 Å². The smallest absolute Gasteiger partial charge is 0.319 e. The van der Waals surface area contributed by atoms with Gasteiger partial charge >= 0.3 is 12.0 Å². The van der Waals surface area contributed by atoms with E-state index in [2.05, 4.69) is 5.32 Å². The van der Waals surface area contributed by atoms with Gasteiger partial charge in [-0.15, -0.1) is 0 Å². The lowest BCUT2D eigenvalue weighted by Crippen LogP contribution is -2.45. The standard InChI is InChI=1S/C22H25N3O4/c26-20-15-25(16-24(20)14-18-9-5-2-6-10-18)22(29)23-19(11-12-21(27)28)13-17-7-3-1-4-8-17/h1-10,19H,11-16H2,(H,23,29)(H,27,28). The maximum absolute atomic E-state index is 12.7. The third-order valence-corrected chi connectivity index (χ3v) is 4.88. The molecule has 0 spiro atoms. The first-order chi connectivity index (χ1) is 14.0. The predicted molar refractivity (Wildman–Crippen MR) is 108 cm³/mol. The van der Waals surface area contributed by atoms with E-state index in [-0.39, 0.29) is 37.6 Å². The number of amides is 3. The Morgan fingerprint density at radius 2 is 1.62 bits per heavy atom. The molecule has 1 saturated heterocycles. The van der Waals surface area contributed by atoms with Crippen LogP contribution in [0.1, 0.15) is 24.0 Å². The normalized spacial score (nSPS) is 14.7. The average molecular weight is 395 g/mol. The Labute approximate surface area is 169 Å². The maximum Gasteiger partial charge on any atom is 0.319 e. The molecule has 0 radical (unpaired) electrons. The minimum Gasteiger partial charge on any atom is -0.481 e. The van der Waals surface area contributed by atoms with Crippen LogP contribution < -0.4 is 5.32 Å². The van der Waals surface area contributed by atoms with Gasteiger partial charge in [-0.1, -0.05) is 60.7 Å². The van der Waals surface area contributed by atoms with Crippen molar-refractivity contribution in [2.45, 2.75) is 31.8 Å². The summed E-state index contributed by atoms with van der Waals surface area (Å²) in [6.45, 7) is 0.697. The number of carboxylic acid groups (broad SMARTS) is 1. The molecule has 1 aliphatic heterocycles. The van der Waals surface area contributed by atoms with E-state index in [4.69, 9.17) is 5.11 Å². The molecular weight excluding hydrogens is 370 g/mol. The number of hydrogen-bond acceptors (Lipinski definition) is 3. The first-order valence-electron chi connectivity index (χ1n) is 9.64.